The molecule has 0 aromatic heterocycles. The molecule has 116 valence electrons. The Hall–Kier alpha value is -1.44. The minimum absolute atomic E-state index is 0.0613. The minimum atomic E-state index is -1.39. The zero-order chi connectivity index (χ0) is 16.4. The molecule has 8 heteroatoms. The molecule has 1 aromatic rings. The van der Waals surface area contributed by atoms with Gasteiger partial charge in [-0.15, -0.1) is 0 Å². The van der Waals surface area contributed by atoms with Gasteiger partial charge in [-0.25, -0.2) is 4.39 Å². The first kappa shape index (κ1) is 16.9. The van der Waals surface area contributed by atoms with E-state index in [1.54, 1.807) is 6.92 Å². The maximum absolute atomic E-state index is 13.8. The Bertz CT molecular complexity index is 672. The molecule has 0 saturated carbocycles. The van der Waals surface area contributed by atoms with E-state index in [2.05, 4.69) is 0 Å². The molecule has 0 spiro atoms. The molecule has 1 aromatic carbocycles. The third-order valence-electron chi connectivity index (χ3n) is 3.07. The molecule has 22 heavy (non-hydrogen) atoms. The van der Waals surface area contributed by atoms with Crippen LogP contribution in [0.3, 0.4) is 0 Å². The summed E-state index contributed by atoms with van der Waals surface area (Å²) in [6.45, 7) is 1.61. The normalized spacial score (nSPS) is 18.1. The summed E-state index contributed by atoms with van der Waals surface area (Å²) < 4.78 is 13.9. The fourth-order valence-corrected chi connectivity index (χ4v) is 3.54. The SMILES string of the molecule is CC[C@H](C(=O)[O-])N1C(=O)/C(=C/c2c(F)cccc2Cl)SC1=S. The van der Waals surface area contributed by atoms with Gasteiger partial charge in [0.1, 0.15) is 10.1 Å². The first-order valence-corrected chi connectivity index (χ1v) is 7.89. The van der Waals surface area contributed by atoms with E-state index in [9.17, 15) is 19.1 Å². The summed E-state index contributed by atoms with van der Waals surface area (Å²) in [6, 6.07) is 3.01. The van der Waals surface area contributed by atoms with Crippen molar-refractivity contribution in [3.8, 4) is 0 Å². The lowest BCUT2D eigenvalue weighted by Crippen LogP contribution is -2.49. The van der Waals surface area contributed by atoms with Crippen molar-refractivity contribution < 1.29 is 19.1 Å². The van der Waals surface area contributed by atoms with Crippen LogP contribution in [-0.4, -0.2) is 27.1 Å². The van der Waals surface area contributed by atoms with Crippen LogP contribution >= 0.6 is 35.6 Å². The number of nitrogens with zero attached hydrogens (tertiary/aromatic N) is 1. The van der Waals surface area contributed by atoms with Crippen LogP contribution in [0, 0.1) is 5.82 Å². The number of amides is 1. The lowest BCUT2D eigenvalue weighted by atomic mass is 10.1. The summed E-state index contributed by atoms with van der Waals surface area (Å²) in [5.74, 6) is -2.56. The van der Waals surface area contributed by atoms with Gasteiger partial charge in [0.15, 0.2) is 0 Å². The van der Waals surface area contributed by atoms with Crippen molar-refractivity contribution in [2.45, 2.75) is 19.4 Å². The second-order valence-corrected chi connectivity index (χ2v) is 6.51. The van der Waals surface area contributed by atoms with Gasteiger partial charge in [-0.05, 0) is 24.6 Å². The van der Waals surface area contributed by atoms with Crippen molar-refractivity contribution in [3.63, 3.8) is 0 Å². The summed E-state index contributed by atoms with van der Waals surface area (Å²) in [4.78, 5) is 24.6. The number of thiocarbonyl (C=S) groups is 1. The molecular weight excluding hydrogens is 349 g/mol. The average molecular weight is 359 g/mol. The number of aliphatic carboxylic acids is 1. The van der Waals surface area contributed by atoms with Crippen LogP contribution in [0.15, 0.2) is 23.1 Å². The number of carbonyl (C=O) groups excluding carboxylic acids is 2. The van der Waals surface area contributed by atoms with Gasteiger partial charge in [0.05, 0.1) is 21.9 Å². The average Bonchev–Trinajstić information content (AvgIpc) is 2.71. The van der Waals surface area contributed by atoms with E-state index in [1.165, 1.54) is 24.3 Å². The van der Waals surface area contributed by atoms with Crippen molar-refractivity contribution in [1.29, 1.82) is 0 Å². The number of carboxylic acid groups (broad SMARTS) is 1. The van der Waals surface area contributed by atoms with Crippen LogP contribution in [0.2, 0.25) is 5.02 Å². The van der Waals surface area contributed by atoms with E-state index in [0.717, 1.165) is 16.7 Å². The van der Waals surface area contributed by atoms with E-state index in [0.29, 0.717) is 0 Å². The van der Waals surface area contributed by atoms with E-state index >= 15 is 0 Å². The van der Waals surface area contributed by atoms with Gasteiger partial charge in [-0.1, -0.05) is 48.6 Å². The third-order valence-corrected chi connectivity index (χ3v) is 4.73. The molecule has 1 fully saturated rings. The molecule has 1 heterocycles. The first-order chi connectivity index (χ1) is 10.4. The standard InChI is InChI=1S/C14H11ClFNO3S2/c1-2-10(13(19)20)17-12(18)11(22-14(17)21)6-7-8(15)4-3-5-9(7)16/h3-6,10H,2H2,1H3,(H,19,20)/p-1/b11-6-/t10-/m1/s1. The summed E-state index contributed by atoms with van der Waals surface area (Å²) in [7, 11) is 0. The first-order valence-electron chi connectivity index (χ1n) is 6.28. The Balaban J connectivity index is 2.40. The molecular formula is C14H10ClFNO3S2-. The quantitative estimate of drug-likeness (QED) is 0.610. The van der Waals surface area contributed by atoms with Gasteiger partial charge in [0.2, 0.25) is 0 Å². The molecule has 1 atom stereocenters. The van der Waals surface area contributed by atoms with Gasteiger partial charge >= 0.3 is 0 Å². The molecule has 4 nitrogen and oxygen atoms in total. The van der Waals surface area contributed by atoms with Crippen molar-refractivity contribution >= 4 is 57.9 Å². The van der Waals surface area contributed by atoms with Gasteiger partial charge < -0.3 is 9.90 Å². The largest absolute Gasteiger partial charge is 0.548 e. The monoisotopic (exact) mass is 358 g/mol. The van der Waals surface area contributed by atoms with Crippen LogP contribution in [0.25, 0.3) is 6.08 Å². The number of halogens is 2. The predicted octanol–water partition coefficient (Wildman–Crippen LogP) is 2.21. The minimum Gasteiger partial charge on any atom is -0.548 e. The molecule has 1 saturated heterocycles. The molecule has 0 bridgehead atoms. The third kappa shape index (κ3) is 3.16. The second-order valence-electron chi connectivity index (χ2n) is 4.43. The van der Waals surface area contributed by atoms with Crippen molar-refractivity contribution in [1.82, 2.24) is 4.90 Å². The van der Waals surface area contributed by atoms with Crippen molar-refractivity contribution in [3.05, 3.63) is 39.5 Å². The summed E-state index contributed by atoms with van der Waals surface area (Å²) in [5.41, 5.74) is 0.0613. The summed E-state index contributed by atoms with van der Waals surface area (Å²) in [6.07, 6.45) is 1.43. The van der Waals surface area contributed by atoms with E-state index in [-0.39, 0.29) is 26.2 Å². The highest BCUT2D eigenvalue weighted by Crippen LogP contribution is 2.35. The second kappa shape index (κ2) is 6.76. The van der Waals surface area contributed by atoms with Crippen LogP contribution < -0.4 is 5.11 Å². The predicted molar refractivity (Wildman–Crippen MR) is 85.5 cm³/mol. The van der Waals surface area contributed by atoms with Crippen LogP contribution in [0.1, 0.15) is 18.9 Å². The molecule has 0 radical (unpaired) electrons. The van der Waals surface area contributed by atoms with E-state index in [1.807, 2.05) is 0 Å². The highest BCUT2D eigenvalue weighted by Gasteiger charge is 2.37. The lowest BCUT2D eigenvalue weighted by Gasteiger charge is -2.26. The fourth-order valence-electron chi connectivity index (χ4n) is 1.98. The Labute approximate surface area is 140 Å². The number of carboxylic acids is 1. The number of hydrogen-bond acceptors (Lipinski definition) is 5. The molecule has 0 aliphatic carbocycles. The maximum Gasteiger partial charge on any atom is 0.266 e. The van der Waals surface area contributed by atoms with Crippen LogP contribution in [0.4, 0.5) is 4.39 Å². The molecule has 1 aliphatic rings. The highest BCUT2D eigenvalue weighted by atomic mass is 35.5. The van der Waals surface area contributed by atoms with E-state index in [4.69, 9.17) is 23.8 Å². The van der Waals surface area contributed by atoms with E-state index < -0.39 is 23.7 Å². The molecule has 1 aliphatic heterocycles. The Kier molecular flexibility index (Phi) is 5.20. The lowest BCUT2D eigenvalue weighted by molar-refractivity contribution is -0.310. The number of benzene rings is 1. The maximum atomic E-state index is 13.8. The number of thioether (sulfide) groups is 1. The Morgan fingerprint density at radius 2 is 2.27 bits per heavy atom. The molecule has 0 N–H and O–H groups in total. The summed E-state index contributed by atoms with van der Waals surface area (Å²) >= 11 is 11.9. The molecule has 0 unspecified atom stereocenters. The zero-order valence-corrected chi connectivity index (χ0v) is 13.7. The molecule has 1 amide bonds. The number of carbonyl (C=O) groups is 2. The summed E-state index contributed by atoms with van der Waals surface area (Å²) in [5, 5.41) is 11.3. The van der Waals surface area contributed by atoms with Gasteiger partial charge in [-0.2, -0.15) is 0 Å². The van der Waals surface area contributed by atoms with Gasteiger partial charge in [0.25, 0.3) is 5.91 Å². The number of hydrogen-bond donors (Lipinski definition) is 0. The van der Waals surface area contributed by atoms with Gasteiger partial charge in [-0.3, -0.25) is 9.69 Å². The molecule has 2 rings (SSSR count). The number of rotatable bonds is 4. The Morgan fingerprint density at radius 3 is 2.82 bits per heavy atom. The van der Waals surface area contributed by atoms with Crippen LogP contribution in [0.5, 0.6) is 0 Å². The fraction of sp³-hybridized carbons (Fsp3) is 0.214. The van der Waals surface area contributed by atoms with Crippen molar-refractivity contribution in [2.24, 2.45) is 0 Å². The highest BCUT2D eigenvalue weighted by molar-refractivity contribution is 8.26. The topological polar surface area (TPSA) is 60.4 Å². The van der Waals surface area contributed by atoms with Crippen molar-refractivity contribution in [2.75, 3.05) is 0 Å². The Morgan fingerprint density at radius 1 is 1.59 bits per heavy atom. The van der Waals surface area contributed by atoms with Gasteiger partial charge in [0, 0.05) is 5.56 Å². The smallest absolute Gasteiger partial charge is 0.266 e. The zero-order valence-electron chi connectivity index (χ0n) is 11.3. The van der Waals surface area contributed by atoms with Crippen LogP contribution in [-0.2, 0) is 9.59 Å².